The number of hydrogen-bond donors (Lipinski definition) is 2. The highest BCUT2D eigenvalue weighted by Crippen LogP contribution is 2.45. The van der Waals surface area contributed by atoms with Crippen LogP contribution in [0.5, 0.6) is 0 Å². The molecule has 0 aromatic heterocycles. The molecule has 1 atom stereocenters. The Labute approximate surface area is 214 Å². The second-order valence-corrected chi connectivity index (χ2v) is 11.1. The Balaban J connectivity index is 1.26. The zero-order valence-corrected chi connectivity index (χ0v) is 21.4. The van der Waals surface area contributed by atoms with Gasteiger partial charge in [-0.1, -0.05) is 49.8 Å². The SMILES string of the molecule is CCCC(C1CCC(c2ccc(/C=C/C3CCC(c4cc(N)cc(N)c4)CC3)cc2)CC1)C(F)(F)F. The highest BCUT2D eigenvalue weighted by molar-refractivity contribution is 5.55. The van der Waals surface area contributed by atoms with Crippen molar-refractivity contribution in [2.75, 3.05) is 11.5 Å². The van der Waals surface area contributed by atoms with Crippen molar-refractivity contribution in [3.8, 4) is 0 Å². The smallest absolute Gasteiger partial charge is 0.392 e. The number of rotatable bonds is 7. The Kier molecular flexibility index (Phi) is 8.69. The van der Waals surface area contributed by atoms with Gasteiger partial charge >= 0.3 is 6.18 Å². The molecule has 4 N–H and O–H groups in total. The van der Waals surface area contributed by atoms with Gasteiger partial charge < -0.3 is 11.5 Å². The highest BCUT2D eigenvalue weighted by atomic mass is 19.4. The maximum Gasteiger partial charge on any atom is 0.392 e. The van der Waals surface area contributed by atoms with E-state index in [1.807, 2.05) is 13.0 Å². The van der Waals surface area contributed by atoms with Crippen LogP contribution in [0.3, 0.4) is 0 Å². The molecule has 36 heavy (non-hydrogen) atoms. The Morgan fingerprint density at radius 1 is 0.806 bits per heavy atom. The predicted octanol–water partition coefficient (Wildman–Crippen LogP) is 9.09. The van der Waals surface area contributed by atoms with Gasteiger partial charge in [-0.15, -0.1) is 0 Å². The van der Waals surface area contributed by atoms with E-state index >= 15 is 0 Å². The lowest BCUT2D eigenvalue weighted by molar-refractivity contribution is -0.194. The average Bonchev–Trinajstić information content (AvgIpc) is 2.85. The molecule has 0 spiro atoms. The number of alkyl halides is 3. The number of anilines is 2. The number of nitrogen functional groups attached to an aromatic ring is 2. The van der Waals surface area contributed by atoms with Crippen molar-refractivity contribution in [3.05, 3.63) is 65.2 Å². The fourth-order valence-electron chi connectivity index (χ4n) is 6.54. The van der Waals surface area contributed by atoms with Gasteiger partial charge in [0.1, 0.15) is 0 Å². The summed E-state index contributed by atoms with van der Waals surface area (Å²) in [7, 11) is 0. The first-order chi connectivity index (χ1) is 17.2. The van der Waals surface area contributed by atoms with E-state index in [9.17, 15) is 13.2 Å². The van der Waals surface area contributed by atoms with Crippen LogP contribution in [0.2, 0.25) is 0 Å². The summed E-state index contributed by atoms with van der Waals surface area (Å²) in [5.74, 6) is 0.152. The van der Waals surface area contributed by atoms with Crippen molar-refractivity contribution in [3.63, 3.8) is 0 Å². The summed E-state index contributed by atoms with van der Waals surface area (Å²) in [6.07, 6.45) is 9.05. The maximum absolute atomic E-state index is 13.5. The van der Waals surface area contributed by atoms with Crippen LogP contribution in [0.1, 0.15) is 99.7 Å². The molecule has 2 fully saturated rings. The minimum Gasteiger partial charge on any atom is -0.399 e. The lowest BCUT2D eigenvalue weighted by Crippen LogP contribution is -2.32. The van der Waals surface area contributed by atoms with Gasteiger partial charge in [-0.05, 0) is 116 Å². The monoisotopic (exact) mass is 498 g/mol. The molecule has 0 radical (unpaired) electrons. The Morgan fingerprint density at radius 2 is 1.36 bits per heavy atom. The maximum atomic E-state index is 13.5. The van der Waals surface area contributed by atoms with Gasteiger partial charge in [0.2, 0.25) is 0 Å². The predicted molar refractivity (Wildman–Crippen MR) is 145 cm³/mol. The third-order valence-corrected chi connectivity index (χ3v) is 8.57. The van der Waals surface area contributed by atoms with Gasteiger partial charge in [-0.3, -0.25) is 0 Å². The summed E-state index contributed by atoms with van der Waals surface area (Å²) in [6.45, 7) is 1.85. The van der Waals surface area contributed by atoms with Crippen molar-refractivity contribution in [1.29, 1.82) is 0 Å². The van der Waals surface area contributed by atoms with Crippen LogP contribution in [-0.4, -0.2) is 6.18 Å². The van der Waals surface area contributed by atoms with Gasteiger partial charge in [0.25, 0.3) is 0 Å². The largest absolute Gasteiger partial charge is 0.399 e. The molecule has 5 heteroatoms. The van der Waals surface area contributed by atoms with Gasteiger partial charge in [-0.25, -0.2) is 0 Å². The lowest BCUT2D eigenvalue weighted by atomic mass is 9.72. The summed E-state index contributed by atoms with van der Waals surface area (Å²) in [4.78, 5) is 0. The van der Waals surface area contributed by atoms with Crippen LogP contribution >= 0.6 is 0 Å². The van der Waals surface area contributed by atoms with Crippen molar-refractivity contribution < 1.29 is 13.2 Å². The van der Waals surface area contributed by atoms with Crippen molar-refractivity contribution in [2.24, 2.45) is 17.8 Å². The molecule has 0 saturated heterocycles. The van der Waals surface area contributed by atoms with Crippen LogP contribution in [0.25, 0.3) is 6.08 Å². The molecule has 0 aliphatic heterocycles. The number of hydrogen-bond acceptors (Lipinski definition) is 2. The molecule has 2 aromatic carbocycles. The van der Waals surface area contributed by atoms with E-state index in [2.05, 4.69) is 48.6 Å². The average molecular weight is 499 g/mol. The molecule has 0 amide bonds. The van der Waals surface area contributed by atoms with E-state index in [0.29, 0.717) is 37.0 Å². The molecular weight excluding hydrogens is 457 g/mol. The second kappa shape index (κ2) is 11.7. The summed E-state index contributed by atoms with van der Waals surface area (Å²) in [5, 5.41) is 0. The molecule has 1 unspecified atom stereocenters. The standard InChI is InChI=1S/C31H41F3N2/c1-2-3-30(31(32,33)34)26-16-14-24(15-17-26)23-10-6-21(7-11-23)4-5-22-8-12-25(13-9-22)27-18-28(35)20-29(36)19-27/h4-7,10-11,18-20,22,24-26,30H,2-3,8-9,12-17,35-36H2,1H3/b5-4+. The summed E-state index contributed by atoms with van der Waals surface area (Å²) >= 11 is 0. The van der Waals surface area contributed by atoms with Gasteiger partial charge in [-0.2, -0.15) is 13.2 Å². The van der Waals surface area contributed by atoms with E-state index in [1.165, 1.54) is 16.7 Å². The summed E-state index contributed by atoms with van der Waals surface area (Å²) < 4.78 is 40.4. The van der Waals surface area contributed by atoms with Crippen LogP contribution < -0.4 is 11.5 Å². The number of benzene rings is 2. The number of nitrogens with two attached hydrogens (primary N) is 2. The minimum absolute atomic E-state index is 0.213. The zero-order chi connectivity index (χ0) is 25.7. The van der Waals surface area contributed by atoms with E-state index in [-0.39, 0.29) is 12.3 Å². The normalized spacial score (nSPS) is 26.2. The van der Waals surface area contributed by atoms with Crippen molar-refractivity contribution >= 4 is 17.5 Å². The molecule has 2 aliphatic carbocycles. The first kappa shape index (κ1) is 26.6. The van der Waals surface area contributed by atoms with Crippen molar-refractivity contribution in [2.45, 2.75) is 89.1 Å². The molecule has 0 bridgehead atoms. The molecule has 0 heterocycles. The minimum atomic E-state index is -4.07. The number of halogens is 3. The fourth-order valence-corrected chi connectivity index (χ4v) is 6.54. The van der Waals surface area contributed by atoms with E-state index < -0.39 is 12.1 Å². The first-order valence-corrected chi connectivity index (χ1v) is 13.7. The molecule has 196 valence electrons. The van der Waals surface area contributed by atoms with E-state index in [0.717, 1.165) is 49.9 Å². The summed E-state index contributed by atoms with van der Waals surface area (Å²) in [5.41, 5.74) is 17.2. The molecule has 2 aliphatic rings. The molecular formula is C31H41F3N2. The third-order valence-electron chi connectivity index (χ3n) is 8.57. The van der Waals surface area contributed by atoms with Crippen molar-refractivity contribution in [1.82, 2.24) is 0 Å². The highest BCUT2D eigenvalue weighted by Gasteiger charge is 2.44. The first-order valence-electron chi connectivity index (χ1n) is 13.7. The van der Waals surface area contributed by atoms with Crippen LogP contribution in [-0.2, 0) is 0 Å². The molecule has 2 saturated carbocycles. The quantitative estimate of drug-likeness (QED) is 0.374. The van der Waals surface area contributed by atoms with E-state index in [4.69, 9.17) is 11.5 Å². The van der Waals surface area contributed by atoms with Crippen LogP contribution in [0.4, 0.5) is 24.5 Å². The Bertz CT molecular complexity index is 975. The van der Waals surface area contributed by atoms with Gasteiger partial charge in [0.05, 0.1) is 5.92 Å². The zero-order valence-electron chi connectivity index (χ0n) is 21.4. The summed E-state index contributed by atoms with van der Waals surface area (Å²) in [6, 6.07) is 14.6. The Morgan fingerprint density at radius 3 is 1.92 bits per heavy atom. The molecule has 2 aromatic rings. The van der Waals surface area contributed by atoms with Gasteiger partial charge in [0, 0.05) is 11.4 Å². The topological polar surface area (TPSA) is 52.0 Å². The Hall–Kier alpha value is -2.43. The fraction of sp³-hybridized carbons (Fsp3) is 0.548. The van der Waals surface area contributed by atoms with Crippen LogP contribution in [0.15, 0.2) is 48.5 Å². The van der Waals surface area contributed by atoms with E-state index in [1.54, 1.807) is 0 Å². The number of allylic oxidation sites excluding steroid dienone is 1. The van der Waals surface area contributed by atoms with Crippen LogP contribution in [0, 0.1) is 17.8 Å². The molecule has 2 nitrogen and oxygen atoms in total. The van der Waals surface area contributed by atoms with Gasteiger partial charge in [0.15, 0.2) is 0 Å². The molecule has 4 rings (SSSR count). The second-order valence-electron chi connectivity index (χ2n) is 11.1. The lowest BCUT2D eigenvalue weighted by Gasteiger charge is -2.35. The third kappa shape index (κ3) is 6.86.